The predicted molar refractivity (Wildman–Crippen MR) is 146 cm³/mol. The lowest BCUT2D eigenvalue weighted by molar-refractivity contribution is -0.178. The third-order valence-electron chi connectivity index (χ3n) is 5.26. The summed E-state index contributed by atoms with van der Waals surface area (Å²) in [5.74, 6) is -0.530. The van der Waals surface area contributed by atoms with Crippen molar-refractivity contribution in [2.45, 2.75) is 127 Å². The van der Waals surface area contributed by atoms with Gasteiger partial charge >= 0.3 is 5.97 Å². The molecule has 0 bridgehead atoms. The number of methoxy groups -OCH3 is 2. The smallest absolute Gasteiger partial charge is 0.312 e. The van der Waals surface area contributed by atoms with Crippen LogP contribution in [0.1, 0.15) is 116 Å². The van der Waals surface area contributed by atoms with Crippen molar-refractivity contribution in [2.24, 2.45) is 5.41 Å². The zero-order chi connectivity index (χ0) is 26.2. The van der Waals surface area contributed by atoms with Crippen LogP contribution in [0.3, 0.4) is 0 Å². The van der Waals surface area contributed by atoms with Crippen LogP contribution < -0.4 is 0 Å². The fourth-order valence-electron chi connectivity index (χ4n) is 1.74. The zero-order valence-corrected chi connectivity index (χ0v) is 23.9. The van der Waals surface area contributed by atoms with Crippen molar-refractivity contribution in [1.82, 2.24) is 0 Å². The van der Waals surface area contributed by atoms with Gasteiger partial charge in [0.25, 0.3) is 0 Å². The van der Waals surface area contributed by atoms with E-state index in [1.807, 2.05) is 69.2 Å². The summed E-state index contributed by atoms with van der Waals surface area (Å²) < 4.78 is 15.0. The Labute approximate surface area is 207 Å². The Kier molecular flexibility index (Phi) is 21.2. The zero-order valence-electron chi connectivity index (χ0n) is 23.9. The van der Waals surface area contributed by atoms with Crippen LogP contribution >= 0.6 is 0 Å². The molecule has 0 amide bonds. The second-order valence-electron chi connectivity index (χ2n) is 10.2. The average molecular weight is 471 g/mol. The van der Waals surface area contributed by atoms with Crippen LogP contribution in [0.15, 0.2) is 30.3 Å². The first-order chi connectivity index (χ1) is 14.5. The lowest BCUT2D eigenvalue weighted by Crippen LogP contribution is -2.33. The van der Waals surface area contributed by atoms with Gasteiger partial charge in [0.2, 0.25) is 0 Å². The van der Waals surface area contributed by atoms with Crippen molar-refractivity contribution in [3.05, 3.63) is 35.9 Å². The minimum absolute atomic E-state index is 0. The van der Waals surface area contributed by atoms with Gasteiger partial charge in [0.1, 0.15) is 5.60 Å². The van der Waals surface area contributed by atoms with Gasteiger partial charge in [-0.3, -0.25) is 4.79 Å². The second kappa shape index (κ2) is 18.0. The molecule has 4 nitrogen and oxygen atoms in total. The molecule has 0 aromatic heterocycles. The monoisotopic (exact) mass is 470 g/mol. The molecular formula is C29H58O4. The minimum atomic E-state index is -0.417. The predicted octanol–water partition coefficient (Wildman–Crippen LogP) is 8.82. The number of esters is 1. The second-order valence-corrected chi connectivity index (χ2v) is 10.2. The molecule has 198 valence electrons. The Bertz CT molecular complexity index is 575. The Hall–Kier alpha value is -1.39. The van der Waals surface area contributed by atoms with E-state index >= 15 is 0 Å². The lowest BCUT2D eigenvalue weighted by atomic mass is 9.82. The summed E-state index contributed by atoms with van der Waals surface area (Å²) in [6, 6.07) is 10.7. The molecule has 0 aliphatic heterocycles. The molecule has 0 atom stereocenters. The summed E-state index contributed by atoms with van der Waals surface area (Å²) in [5.41, 5.74) is 1.04. The van der Waals surface area contributed by atoms with E-state index in [4.69, 9.17) is 14.2 Å². The largest absolute Gasteiger partial charge is 0.460 e. The molecule has 0 radical (unpaired) electrons. The number of benzene rings is 1. The highest BCUT2D eigenvalue weighted by Gasteiger charge is 2.30. The Morgan fingerprint density at radius 3 is 1.39 bits per heavy atom. The lowest BCUT2D eigenvalue weighted by Gasteiger charge is -2.27. The van der Waals surface area contributed by atoms with Crippen LogP contribution in [-0.2, 0) is 24.4 Å². The van der Waals surface area contributed by atoms with Gasteiger partial charge in [-0.2, -0.15) is 0 Å². The van der Waals surface area contributed by atoms with Gasteiger partial charge in [-0.05, 0) is 72.3 Å². The molecule has 0 heterocycles. The molecule has 0 saturated carbocycles. The van der Waals surface area contributed by atoms with Crippen LogP contribution in [0, 0.1) is 5.41 Å². The fraction of sp³-hybridized carbons (Fsp3) is 0.759. The fourth-order valence-corrected chi connectivity index (χ4v) is 1.74. The topological polar surface area (TPSA) is 44.8 Å². The maximum Gasteiger partial charge on any atom is 0.312 e. The maximum absolute atomic E-state index is 11.5. The van der Waals surface area contributed by atoms with Crippen LogP contribution in [0.25, 0.3) is 0 Å². The van der Waals surface area contributed by atoms with Crippen molar-refractivity contribution >= 4 is 5.97 Å². The van der Waals surface area contributed by atoms with Crippen LogP contribution in [0.5, 0.6) is 0 Å². The van der Waals surface area contributed by atoms with Crippen LogP contribution in [0.2, 0.25) is 0 Å². The summed E-state index contributed by atoms with van der Waals surface area (Å²) in [7, 11) is 3.23. The molecule has 0 spiro atoms. The van der Waals surface area contributed by atoms with Gasteiger partial charge in [-0.15, -0.1) is 0 Å². The van der Waals surface area contributed by atoms with E-state index in [2.05, 4.69) is 51.1 Å². The van der Waals surface area contributed by atoms with Crippen LogP contribution in [-0.4, -0.2) is 31.6 Å². The van der Waals surface area contributed by atoms with Gasteiger partial charge in [-0.1, -0.05) is 79.3 Å². The quantitative estimate of drug-likeness (QED) is 0.308. The van der Waals surface area contributed by atoms with E-state index in [-0.39, 0.29) is 24.4 Å². The summed E-state index contributed by atoms with van der Waals surface area (Å²) in [4.78, 5) is 11.5. The third-order valence-corrected chi connectivity index (χ3v) is 5.26. The molecule has 4 heteroatoms. The van der Waals surface area contributed by atoms with Crippen molar-refractivity contribution in [3.8, 4) is 0 Å². The molecule has 1 aromatic rings. The van der Waals surface area contributed by atoms with E-state index < -0.39 is 5.79 Å². The Morgan fingerprint density at radius 2 is 1.15 bits per heavy atom. The van der Waals surface area contributed by atoms with Crippen LogP contribution in [0.4, 0.5) is 0 Å². The number of hydrogen-bond donors (Lipinski definition) is 0. The van der Waals surface area contributed by atoms with E-state index in [0.717, 1.165) is 6.42 Å². The molecule has 1 rings (SSSR count). The van der Waals surface area contributed by atoms with Gasteiger partial charge in [0.15, 0.2) is 5.79 Å². The molecule has 0 aliphatic carbocycles. The molecular weight excluding hydrogens is 412 g/mol. The molecule has 33 heavy (non-hydrogen) atoms. The van der Waals surface area contributed by atoms with E-state index in [1.54, 1.807) is 14.2 Å². The number of ether oxygens (including phenoxy) is 3. The molecule has 0 unspecified atom stereocenters. The standard InChI is InChI=1S/C11H16.C10H20O2.C5H12O2.C2H6.CH4/c1-4-11(2,3)10-8-6-5-7-9-10;1-7-10(5,6)8(11)12-9(2,3)4;1-5(2,6-3)7-4;1-2;/h5-9H,4H2,1-3H3;7H2,1-6H3;1-4H3;1-2H3;1H4. The van der Waals surface area contributed by atoms with E-state index in [0.29, 0.717) is 5.41 Å². The van der Waals surface area contributed by atoms with Crippen molar-refractivity contribution < 1.29 is 19.0 Å². The number of carbonyl (C=O) groups excluding carboxylic acids is 1. The van der Waals surface area contributed by atoms with Crippen molar-refractivity contribution in [3.63, 3.8) is 0 Å². The first kappa shape index (κ1) is 38.9. The third kappa shape index (κ3) is 19.8. The molecule has 0 N–H and O–H groups in total. The van der Waals surface area contributed by atoms with Gasteiger partial charge in [0, 0.05) is 14.2 Å². The van der Waals surface area contributed by atoms with Crippen molar-refractivity contribution in [1.29, 1.82) is 0 Å². The molecule has 0 fully saturated rings. The summed E-state index contributed by atoms with van der Waals surface area (Å²) in [6.07, 6.45) is 2.00. The number of hydrogen-bond acceptors (Lipinski definition) is 4. The SMILES string of the molecule is C.CC.CCC(C)(C)C(=O)OC(C)(C)C.CCC(C)(C)c1ccccc1.COC(C)(C)OC. The summed E-state index contributed by atoms with van der Waals surface area (Å²) >= 11 is 0. The Morgan fingerprint density at radius 1 is 0.758 bits per heavy atom. The highest BCUT2D eigenvalue weighted by molar-refractivity contribution is 5.76. The summed E-state index contributed by atoms with van der Waals surface area (Å²) in [6.45, 7) is 26.0. The van der Waals surface area contributed by atoms with Gasteiger partial charge in [0.05, 0.1) is 5.41 Å². The van der Waals surface area contributed by atoms with Gasteiger partial charge < -0.3 is 14.2 Å². The highest BCUT2D eigenvalue weighted by Crippen LogP contribution is 2.26. The Balaban J connectivity index is -0.000000187. The highest BCUT2D eigenvalue weighted by atomic mass is 16.7. The molecule has 0 aliphatic rings. The first-order valence-corrected chi connectivity index (χ1v) is 11.9. The molecule has 1 aromatic carbocycles. The summed E-state index contributed by atoms with van der Waals surface area (Å²) in [5, 5.41) is 0. The normalized spacial score (nSPS) is 11.2. The number of carbonyl (C=O) groups is 1. The first-order valence-electron chi connectivity index (χ1n) is 11.9. The molecule has 0 saturated heterocycles. The van der Waals surface area contributed by atoms with Gasteiger partial charge in [-0.25, -0.2) is 0 Å². The number of rotatable bonds is 6. The van der Waals surface area contributed by atoms with Crippen molar-refractivity contribution in [2.75, 3.05) is 14.2 Å². The minimum Gasteiger partial charge on any atom is -0.460 e. The van der Waals surface area contributed by atoms with E-state index in [1.165, 1.54) is 12.0 Å². The average Bonchev–Trinajstić information content (AvgIpc) is 2.75. The maximum atomic E-state index is 11.5. The van der Waals surface area contributed by atoms with E-state index in [9.17, 15) is 4.79 Å².